The summed E-state index contributed by atoms with van der Waals surface area (Å²) in [5.41, 5.74) is 8.66. The first-order valence-corrected chi connectivity index (χ1v) is 7.62. The third-order valence-corrected chi connectivity index (χ3v) is 4.70. The standard InChI is InChI=1S/C16H27N3O/c1-11-5-8-16(20-4,9-6-11)15-18-12(2)14(7-10-17)13(3)19-15/h11H,5-10,17H2,1-4H3. The van der Waals surface area contributed by atoms with Gasteiger partial charge in [0.25, 0.3) is 0 Å². The Morgan fingerprint density at radius 2 is 1.75 bits per heavy atom. The van der Waals surface area contributed by atoms with Gasteiger partial charge >= 0.3 is 0 Å². The molecule has 1 saturated carbocycles. The van der Waals surface area contributed by atoms with Gasteiger partial charge < -0.3 is 10.5 Å². The molecular weight excluding hydrogens is 250 g/mol. The zero-order valence-corrected chi connectivity index (χ0v) is 13.2. The maximum atomic E-state index is 5.87. The quantitative estimate of drug-likeness (QED) is 0.919. The molecule has 1 aliphatic carbocycles. The summed E-state index contributed by atoms with van der Waals surface area (Å²) in [6.45, 7) is 7.05. The molecule has 0 bridgehead atoms. The van der Waals surface area contributed by atoms with Crippen molar-refractivity contribution in [1.82, 2.24) is 9.97 Å². The molecule has 1 heterocycles. The Kier molecular flexibility index (Phi) is 4.76. The SMILES string of the molecule is COC1(c2nc(C)c(CCN)c(C)n2)CCC(C)CC1. The maximum absolute atomic E-state index is 5.87. The van der Waals surface area contributed by atoms with E-state index in [1.54, 1.807) is 7.11 Å². The monoisotopic (exact) mass is 277 g/mol. The Labute approximate surface area is 122 Å². The van der Waals surface area contributed by atoms with Crippen molar-refractivity contribution in [2.75, 3.05) is 13.7 Å². The lowest BCUT2D eigenvalue weighted by Crippen LogP contribution is -2.35. The second-order valence-corrected chi connectivity index (χ2v) is 6.12. The van der Waals surface area contributed by atoms with Gasteiger partial charge in [0.1, 0.15) is 5.60 Å². The van der Waals surface area contributed by atoms with Gasteiger partial charge in [0.15, 0.2) is 5.82 Å². The fourth-order valence-corrected chi connectivity index (χ4v) is 3.20. The largest absolute Gasteiger partial charge is 0.370 e. The van der Waals surface area contributed by atoms with Crippen LogP contribution in [0.1, 0.15) is 55.4 Å². The molecule has 4 nitrogen and oxygen atoms in total. The Morgan fingerprint density at radius 1 is 1.20 bits per heavy atom. The van der Waals surface area contributed by atoms with E-state index in [1.807, 2.05) is 0 Å². The minimum absolute atomic E-state index is 0.288. The minimum Gasteiger partial charge on any atom is -0.370 e. The van der Waals surface area contributed by atoms with Crippen LogP contribution in [-0.2, 0) is 16.8 Å². The second kappa shape index (κ2) is 6.19. The maximum Gasteiger partial charge on any atom is 0.160 e. The van der Waals surface area contributed by atoms with Gasteiger partial charge in [0.05, 0.1) is 0 Å². The van der Waals surface area contributed by atoms with Crippen LogP contribution in [0, 0.1) is 19.8 Å². The Morgan fingerprint density at radius 3 is 2.20 bits per heavy atom. The van der Waals surface area contributed by atoms with E-state index < -0.39 is 0 Å². The van der Waals surface area contributed by atoms with Gasteiger partial charge in [-0.25, -0.2) is 9.97 Å². The second-order valence-electron chi connectivity index (χ2n) is 6.12. The van der Waals surface area contributed by atoms with E-state index in [0.29, 0.717) is 6.54 Å². The number of hydrogen-bond donors (Lipinski definition) is 1. The van der Waals surface area contributed by atoms with Gasteiger partial charge in [0, 0.05) is 18.5 Å². The molecule has 1 aromatic heterocycles. The number of aryl methyl sites for hydroxylation is 2. The first-order valence-electron chi connectivity index (χ1n) is 7.62. The van der Waals surface area contributed by atoms with E-state index in [1.165, 1.54) is 18.4 Å². The van der Waals surface area contributed by atoms with Crippen LogP contribution in [0.4, 0.5) is 0 Å². The summed E-state index contributed by atoms with van der Waals surface area (Å²) in [6.07, 6.45) is 5.23. The van der Waals surface area contributed by atoms with E-state index >= 15 is 0 Å². The number of nitrogens with two attached hydrogens (primary N) is 1. The zero-order chi connectivity index (χ0) is 14.8. The van der Waals surface area contributed by atoms with E-state index in [-0.39, 0.29) is 5.60 Å². The highest BCUT2D eigenvalue weighted by Crippen LogP contribution is 2.40. The minimum atomic E-state index is -0.288. The number of nitrogens with zero attached hydrogens (tertiary/aromatic N) is 2. The summed E-state index contributed by atoms with van der Waals surface area (Å²) < 4.78 is 5.87. The van der Waals surface area contributed by atoms with Gasteiger partial charge in [-0.1, -0.05) is 6.92 Å². The molecule has 112 valence electrons. The van der Waals surface area contributed by atoms with Crippen molar-refractivity contribution >= 4 is 0 Å². The molecule has 2 N–H and O–H groups in total. The van der Waals surface area contributed by atoms with Gasteiger partial charge in [-0.2, -0.15) is 0 Å². The molecule has 4 heteroatoms. The van der Waals surface area contributed by atoms with Crippen LogP contribution >= 0.6 is 0 Å². The molecular formula is C16H27N3O. The normalized spacial score (nSPS) is 26.8. The third-order valence-electron chi connectivity index (χ3n) is 4.70. The topological polar surface area (TPSA) is 61.0 Å². The summed E-state index contributed by atoms with van der Waals surface area (Å²) in [4.78, 5) is 9.51. The first kappa shape index (κ1) is 15.4. The molecule has 0 unspecified atom stereocenters. The molecule has 1 aromatic rings. The predicted octanol–water partition coefficient (Wildman–Crippen LogP) is 2.65. The zero-order valence-electron chi connectivity index (χ0n) is 13.2. The number of aromatic nitrogens is 2. The predicted molar refractivity (Wildman–Crippen MR) is 80.6 cm³/mol. The van der Waals surface area contributed by atoms with E-state index in [2.05, 4.69) is 20.8 Å². The van der Waals surface area contributed by atoms with E-state index in [9.17, 15) is 0 Å². The molecule has 20 heavy (non-hydrogen) atoms. The van der Waals surface area contributed by atoms with Crippen molar-refractivity contribution in [2.24, 2.45) is 11.7 Å². The average Bonchev–Trinajstić information content (AvgIpc) is 2.44. The van der Waals surface area contributed by atoms with Crippen molar-refractivity contribution in [2.45, 2.75) is 58.5 Å². The molecule has 0 saturated heterocycles. The molecule has 1 fully saturated rings. The molecule has 2 rings (SSSR count). The van der Waals surface area contributed by atoms with Crippen molar-refractivity contribution in [3.63, 3.8) is 0 Å². The highest BCUT2D eigenvalue weighted by molar-refractivity contribution is 5.26. The molecule has 0 amide bonds. The lowest BCUT2D eigenvalue weighted by atomic mass is 9.78. The van der Waals surface area contributed by atoms with Gasteiger partial charge in [-0.05, 0) is 64.0 Å². The van der Waals surface area contributed by atoms with Gasteiger partial charge in [-0.15, -0.1) is 0 Å². The van der Waals surface area contributed by atoms with Crippen molar-refractivity contribution < 1.29 is 4.74 Å². The smallest absolute Gasteiger partial charge is 0.160 e. The summed E-state index contributed by atoms with van der Waals surface area (Å²) in [7, 11) is 1.79. The molecule has 1 aliphatic rings. The number of ether oxygens (including phenoxy) is 1. The summed E-state index contributed by atoms with van der Waals surface area (Å²) >= 11 is 0. The molecule has 0 spiro atoms. The first-order chi connectivity index (χ1) is 9.52. The van der Waals surface area contributed by atoms with Crippen LogP contribution in [0.15, 0.2) is 0 Å². The van der Waals surface area contributed by atoms with Crippen molar-refractivity contribution in [3.8, 4) is 0 Å². The number of methoxy groups -OCH3 is 1. The van der Waals surface area contributed by atoms with Crippen LogP contribution in [0.25, 0.3) is 0 Å². The van der Waals surface area contributed by atoms with Crippen molar-refractivity contribution in [1.29, 1.82) is 0 Å². The molecule has 0 aliphatic heterocycles. The van der Waals surface area contributed by atoms with Crippen LogP contribution in [0.3, 0.4) is 0 Å². The number of rotatable bonds is 4. The van der Waals surface area contributed by atoms with E-state index in [4.69, 9.17) is 20.4 Å². The fourth-order valence-electron chi connectivity index (χ4n) is 3.20. The van der Waals surface area contributed by atoms with Gasteiger partial charge in [-0.3, -0.25) is 0 Å². The van der Waals surface area contributed by atoms with Crippen LogP contribution in [-0.4, -0.2) is 23.6 Å². The van der Waals surface area contributed by atoms with Crippen LogP contribution in [0.5, 0.6) is 0 Å². The highest BCUT2D eigenvalue weighted by atomic mass is 16.5. The van der Waals surface area contributed by atoms with Crippen molar-refractivity contribution in [3.05, 3.63) is 22.8 Å². The third kappa shape index (κ3) is 2.86. The lowest BCUT2D eigenvalue weighted by molar-refractivity contribution is -0.0599. The fraction of sp³-hybridized carbons (Fsp3) is 0.750. The van der Waals surface area contributed by atoms with Crippen LogP contribution < -0.4 is 5.73 Å². The molecule has 0 radical (unpaired) electrons. The summed E-state index contributed by atoms with van der Waals surface area (Å²) in [6, 6.07) is 0. The Hall–Kier alpha value is -1.00. The number of hydrogen-bond acceptors (Lipinski definition) is 4. The van der Waals surface area contributed by atoms with Gasteiger partial charge in [0.2, 0.25) is 0 Å². The molecule has 0 atom stereocenters. The Bertz CT molecular complexity index is 442. The average molecular weight is 277 g/mol. The van der Waals surface area contributed by atoms with Crippen LogP contribution in [0.2, 0.25) is 0 Å². The van der Waals surface area contributed by atoms with E-state index in [0.717, 1.165) is 42.4 Å². The molecule has 0 aromatic carbocycles. The lowest BCUT2D eigenvalue weighted by Gasteiger charge is -2.37. The Balaban J connectivity index is 2.36. The summed E-state index contributed by atoms with van der Waals surface area (Å²) in [5, 5.41) is 0. The summed E-state index contributed by atoms with van der Waals surface area (Å²) in [5.74, 6) is 1.64. The highest BCUT2D eigenvalue weighted by Gasteiger charge is 2.39.